The van der Waals surface area contributed by atoms with Crippen LogP contribution in [0.15, 0.2) is 42.5 Å². The third-order valence-electron chi connectivity index (χ3n) is 4.35. The van der Waals surface area contributed by atoms with E-state index in [2.05, 4.69) is 0 Å². The van der Waals surface area contributed by atoms with Crippen molar-refractivity contribution in [1.29, 1.82) is 0 Å². The van der Waals surface area contributed by atoms with Crippen molar-refractivity contribution in [3.05, 3.63) is 75.2 Å². The Morgan fingerprint density at radius 3 is 2.45 bits per heavy atom. The van der Waals surface area contributed by atoms with Gasteiger partial charge in [0.05, 0.1) is 17.3 Å². The van der Waals surface area contributed by atoms with Crippen LogP contribution in [0.4, 0.5) is 8.78 Å². The highest BCUT2D eigenvalue weighted by atomic mass is 32.1. The molecule has 0 aliphatic carbocycles. The predicted molar refractivity (Wildman–Crippen MR) is 111 cm³/mol. The van der Waals surface area contributed by atoms with E-state index in [4.69, 9.17) is 9.72 Å². The number of halogens is 2. The van der Waals surface area contributed by atoms with Gasteiger partial charge in [0.1, 0.15) is 4.88 Å². The number of esters is 1. The molecule has 0 aliphatic rings. The van der Waals surface area contributed by atoms with Crippen LogP contribution in [0.3, 0.4) is 0 Å². The summed E-state index contributed by atoms with van der Waals surface area (Å²) in [6.45, 7) is 8.22. The second-order valence-corrected chi connectivity index (χ2v) is 8.77. The summed E-state index contributed by atoms with van der Waals surface area (Å²) in [5.74, 6) is -2.12. The standard InChI is InChI=1S/C23H23F2NO2S/c1-5-28-21(27)20-19(26-22(29-20)23(2,3)4)12-14-7-6-8-15(11-14)16-9-10-17(24)18(25)13-16/h6-11,13H,5,12H2,1-4H3. The van der Waals surface area contributed by atoms with Gasteiger partial charge < -0.3 is 4.74 Å². The van der Waals surface area contributed by atoms with E-state index in [0.717, 1.165) is 22.2 Å². The molecule has 0 unspecified atom stereocenters. The molecule has 0 bridgehead atoms. The van der Waals surface area contributed by atoms with Crippen molar-refractivity contribution in [2.45, 2.75) is 39.5 Å². The highest BCUT2D eigenvalue weighted by Crippen LogP contribution is 2.32. The van der Waals surface area contributed by atoms with E-state index >= 15 is 0 Å². The predicted octanol–water partition coefficient (Wildman–Crippen LogP) is 6.15. The van der Waals surface area contributed by atoms with Crippen molar-refractivity contribution < 1.29 is 18.3 Å². The summed E-state index contributed by atoms with van der Waals surface area (Å²) in [4.78, 5) is 17.7. The Hall–Kier alpha value is -2.60. The Kier molecular flexibility index (Phi) is 6.13. The molecule has 3 nitrogen and oxygen atoms in total. The zero-order valence-corrected chi connectivity index (χ0v) is 17.7. The molecule has 29 heavy (non-hydrogen) atoms. The first-order valence-corrected chi connectivity index (χ1v) is 10.2. The minimum absolute atomic E-state index is 0.183. The molecule has 0 atom stereocenters. The fraction of sp³-hybridized carbons (Fsp3) is 0.304. The molecule has 1 aromatic heterocycles. The van der Waals surface area contributed by atoms with E-state index in [1.54, 1.807) is 13.0 Å². The van der Waals surface area contributed by atoms with Gasteiger partial charge >= 0.3 is 5.97 Å². The zero-order valence-electron chi connectivity index (χ0n) is 16.9. The summed E-state index contributed by atoms with van der Waals surface area (Å²) in [6, 6.07) is 11.4. The first-order chi connectivity index (χ1) is 13.7. The molecule has 0 fully saturated rings. The maximum Gasteiger partial charge on any atom is 0.350 e. The number of carbonyl (C=O) groups is 1. The van der Waals surface area contributed by atoms with Crippen molar-refractivity contribution in [2.24, 2.45) is 0 Å². The quantitative estimate of drug-likeness (QED) is 0.469. The van der Waals surface area contributed by atoms with Crippen LogP contribution in [0.25, 0.3) is 11.1 Å². The summed E-state index contributed by atoms with van der Waals surface area (Å²) >= 11 is 1.36. The van der Waals surface area contributed by atoms with Gasteiger partial charge in [-0.15, -0.1) is 11.3 Å². The van der Waals surface area contributed by atoms with Gasteiger partial charge in [0.25, 0.3) is 0 Å². The third kappa shape index (κ3) is 4.88. The van der Waals surface area contributed by atoms with Gasteiger partial charge in [0, 0.05) is 11.8 Å². The molecule has 0 N–H and O–H groups in total. The van der Waals surface area contributed by atoms with Crippen molar-refractivity contribution in [3.63, 3.8) is 0 Å². The molecule has 152 valence electrons. The Bertz CT molecular complexity index is 1040. The van der Waals surface area contributed by atoms with Crippen molar-refractivity contribution in [3.8, 4) is 11.1 Å². The Balaban J connectivity index is 1.96. The van der Waals surface area contributed by atoms with E-state index in [9.17, 15) is 13.6 Å². The molecule has 6 heteroatoms. The normalized spacial score (nSPS) is 11.5. The van der Waals surface area contributed by atoms with E-state index in [0.29, 0.717) is 29.2 Å². The van der Waals surface area contributed by atoms with Crippen molar-refractivity contribution in [2.75, 3.05) is 6.61 Å². The van der Waals surface area contributed by atoms with Crippen LogP contribution in [-0.4, -0.2) is 17.6 Å². The van der Waals surface area contributed by atoms with Gasteiger partial charge in [0.2, 0.25) is 0 Å². The largest absolute Gasteiger partial charge is 0.462 e. The number of hydrogen-bond acceptors (Lipinski definition) is 4. The number of ether oxygens (including phenoxy) is 1. The number of aromatic nitrogens is 1. The summed E-state index contributed by atoms with van der Waals surface area (Å²) in [6.07, 6.45) is 0.443. The molecular weight excluding hydrogens is 392 g/mol. The average molecular weight is 416 g/mol. The monoisotopic (exact) mass is 415 g/mol. The first kappa shape index (κ1) is 21.1. The van der Waals surface area contributed by atoms with Gasteiger partial charge in [-0.25, -0.2) is 18.6 Å². The van der Waals surface area contributed by atoms with E-state index in [1.807, 2.05) is 45.0 Å². The number of rotatable bonds is 5. The van der Waals surface area contributed by atoms with Crippen molar-refractivity contribution >= 4 is 17.3 Å². The lowest BCUT2D eigenvalue weighted by Gasteiger charge is -2.13. The number of benzene rings is 2. The fourth-order valence-electron chi connectivity index (χ4n) is 2.88. The van der Waals surface area contributed by atoms with Crippen molar-refractivity contribution in [1.82, 2.24) is 4.98 Å². The second-order valence-electron chi connectivity index (χ2n) is 7.77. The van der Waals surface area contributed by atoms with Gasteiger partial charge in [-0.3, -0.25) is 0 Å². The van der Waals surface area contributed by atoms with Crippen LogP contribution < -0.4 is 0 Å². The zero-order chi connectivity index (χ0) is 21.2. The molecule has 0 saturated heterocycles. The molecule has 0 spiro atoms. The maximum atomic E-state index is 13.6. The SMILES string of the molecule is CCOC(=O)c1sc(C(C)(C)C)nc1Cc1cccc(-c2ccc(F)c(F)c2)c1. The molecular formula is C23H23F2NO2S. The lowest BCUT2D eigenvalue weighted by molar-refractivity contribution is 0.0530. The second kappa shape index (κ2) is 8.41. The van der Waals surface area contributed by atoms with Crippen LogP contribution in [0.2, 0.25) is 0 Å². The fourth-order valence-corrected chi connectivity index (χ4v) is 3.91. The molecule has 2 aromatic carbocycles. The Morgan fingerprint density at radius 2 is 1.79 bits per heavy atom. The number of hydrogen-bond donors (Lipinski definition) is 0. The van der Waals surface area contributed by atoms with Crippen LogP contribution in [0.5, 0.6) is 0 Å². The van der Waals surface area contributed by atoms with E-state index in [-0.39, 0.29) is 11.4 Å². The molecule has 3 rings (SSSR count). The highest BCUT2D eigenvalue weighted by Gasteiger charge is 2.25. The average Bonchev–Trinajstić information content (AvgIpc) is 3.09. The summed E-state index contributed by atoms with van der Waals surface area (Å²) in [5, 5.41) is 0.868. The molecule has 0 aliphatic heterocycles. The van der Waals surface area contributed by atoms with E-state index in [1.165, 1.54) is 17.4 Å². The highest BCUT2D eigenvalue weighted by molar-refractivity contribution is 7.13. The Morgan fingerprint density at radius 1 is 1.07 bits per heavy atom. The summed E-state index contributed by atoms with van der Waals surface area (Å²) < 4.78 is 32.0. The van der Waals surface area contributed by atoms with Gasteiger partial charge in [-0.2, -0.15) is 0 Å². The first-order valence-electron chi connectivity index (χ1n) is 9.40. The lowest BCUT2D eigenvalue weighted by Crippen LogP contribution is -2.10. The summed E-state index contributed by atoms with van der Waals surface area (Å²) in [5.41, 5.74) is 2.76. The number of carbonyl (C=O) groups excluding carboxylic acids is 1. The lowest BCUT2D eigenvalue weighted by atomic mass is 9.98. The van der Waals surface area contributed by atoms with Crippen LogP contribution in [0.1, 0.15) is 53.6 Å². The minimum Gasteiger partial charge on any atom is -0.462 e. The smallest absolute Gasteiger partial charge is 0.350 e. The molecule has 0 amide bonds. The molecule has 3 aromatic rings. The van der Waals surface area contributed by atoms with Crippen LogP contribution in [-0.2, 0) is 16.6 Å². The molecule has 0 radical (unpaired) electrons. The van der Waals surface area contributed by atoms with Gasteiger partial charge in [0.15, 0.2) is 11.6 Å². The maximum absolute atomic E-state index is 13.6. The van der Waals surface area contributed by atoms with Crippen LogP contribution in [0, 0.1) is 11.6 Å². The minimum atomic E-state index is -0.883. The topological polar surface area (TPSA) is 39.2 Å². The van der Waals surface area contributed by atoms with Gasteiger partial charge in [-0.05, 0) is 35.7 Å². The third-order valence-corrected chi connectivity index (χ3v) is 5.85. The molecule has 1 heterocycles. The van der Waals surface area contributed by atoms with E-state index < -0.39 is 11.6 Å². The van der Waals surface area contributed by atoms with Crippen LogP contribution >= 0.6 is 11.3 Å². The Labute approximate surface area is 173 Å². The van der Waals surface area contributed by atoms with Gasteiger partial charge in [-0.1, -0.05) is 51.1 Å². The summed E-state index contributed by atoms with van der Waals surface area (Å²) in [7, 11) is 0. The molecule has 0 saturated carbocycles. The number of nitrogens with zero attached hydrogens (tertiary/aromatic N) is 1. The number of thiazole rings is 1.